The summed E-state index contributed by atoms with van der Waals surface area (Å²) in [6.45, 7) is 7.67. The van der Waals surface area contributed by atoms with Gasteiger partial charge in [0.25, 0.3) is 0 Å². The van der Waals surface area contributed by atoms with E-state index in [1.807, 2.05) is 0 Å². The number of hydrogen-bond acceptors (Lipinski definition) is 2. The van der Waals surface area contributed by atoms with Crippen molar-refractivity contribution in [2.24, 2.45) is 29.6 Å². The molecule has 2 heteroatoms. The number of benzene rings is 5. The Balaban J connectivity index is 0.974. The van der Waals surface area contributed by atoms with Crippen LogP contribution in [0.15, 0.2) is 115 Å². The summed E-state index contributed by atoms with van der Waals surface area (Å²) < 4.78 is 12.6. The fourth-order valence-electron chi connectivity index (χ4n) is 10.6. The summed E-state index contributed by atoms with van der Waals surface area (Å²) in [5.74, 6) is 6.01. The van der Waals surface area contributed by atoms with Gasteiger partial charge in [0, 0.05) is 11.1 Å². The summed E-state index contributed by atoms with van der Waals surface area (Å²) in [5.41, 5.74) is 11.4. The van der Waals surface area contributed by atoms with Gasteiger partial charge in [0.15, 0.2) is 0 Å². The maximum absolute atomic E-state index is 6.59. The van der Waals surface area contributed by atoms with Crippen LogP contribution in [0.5, 0.6) is 11.5 Å². The lowest BCUT2D eigenvalue weighted by molar-refractivity contribution is -0.00518. The average molecular weight is 755 g/mol. The molecular weight excluding hydrogens is 693 g/mol. The largest absolute Gasteiger partial charge is 0.496 e. The third-order valence-corrected chi connectivity index (χ3v) is 13.4. The number of hydrogen-bond donors (Lipinski definition) is 0. The number of methoxy groups -OCH3 is 1. The molecule has 294 valence electrons. The van der Waals surface area contributed by atoms with E-state index in [9.17, 15) is 0 Å². The van der Waals surface area contributed by atoms with E-state index >= 15 is 0 Å². The molecule has 0 radical (unpaired) electrons. The van der Waals surface area contributed by atoms with Crippen molar-refractivity contribution < 1.29 is 9.47 Å². The lowest BCUT2D eigenvalue weighted by Crippen LogP contribution is -2.48. The minimum absolute atomic E-state index is 0.447. The van der Waals surface area contributed by atoms with Gasteiger partial charge in [-0.05, 0) is 131 Å². The van der Waals surface area contributed by atoms with Crippen molar-refractivity contribution in [1.82, 2.24) is 0 Å². The van der Waals surface area contributed by atoms with Crippen LogP contribution in [-0.2, 0) is 5.41 Å². The summed E-state index contributed by atoms with van der Waals surface area (Å²) in [6, 6.07) is 42.1. The van der Waals surface area contributed by atoms with Gasteiger partial charge < -0.3 is 9.47 Å². The molecule has 9 rings (SSSR count). The molecule has 57 heavy (non-hydrogen) atoms. The van der Waals surface area contributed by atoms with Gasteiger partial charge in [0.2, 0.25) is 0 Å². The zero-order valence-corrected chi connectivity index (χ0v) is 34.8. The summed E-state index contributed by atoms with van der Waals surface area (Å²) in [4.78, 5) is 0. The molecule has 0 aliphatic heterocycles. The minimum atomic E-state index is 0.447. The van der Waals surface area contributed by atoms with Crippen LogP contribution in [0.3, 0.4) is 0 Å². The molecule has 4 bridgehead atoms. The van der Waals surface area contributed by atoms with E-state index in [1.54, 1.807) is 12.7 Å². The van der Waals surface area contributed by atoms with E-state index in [0.717, 1.165) is 63.8 Å². The second-order valence-electron chi connectivity index (χ2n) is 18.3. The molecule has 4 aliphatic rings. The Hall–Kier alpha value is -4.82. The number of ether oxygens (including phenoxy) is 2. The van der Waals surface area contributed by atoms with Gasteiger partial charge in [-0.15, -0.1) is 0 Å². The number of rotatable bonds is 16. The predicted molar refractivity (Wildman–Crippen MR) is 242 cm³/mol. The molecule has 5 aromatic rings. The monoisotopic (exact) mass is 754 g/mol. The zero-order chi connectivity index (χ0) is 39.2. The van der Waals surface area contributed by atoms with Gasteiger partial charge in [0.1, 0.15) is 11.5 Å². The molecule has 0 amide bonds. The van der Waals surface area contributed by atoms with Crippen LogP contribution in [0.4, 0.5) is 0 Å². The summed E-state index contributed by atoms with van der Waals surface area (Å²) in [5, 5.41) is 0. The first kappa shape index (κ1) is 39.0. The Morgan fingerprint density at radius 2 is 1.05 bits per heavy atom. The second kappa shape index (κ2) is 17.8. The molecule has 1 atom stereocenters. The Kier molecular flexibility index (Phi) is 12.2. The Bertz CT molecular complexity index is 2080. The van der Waals surface area contributed by atoms with Crippen LogP contribution in [0.1, 0.15) is 113 Å². The van der Waals surface area contributed by atoms with Crippen LogP contribution in [-0.4, -0.2) is 13.7 Å². The van der Waals surface area contributed by atoms with Gasteiger partial charge in [-0.1, -0.05) is 167 Å². The topological polar surface area (TPSA) is 18.5 Å². The summed E-state index contributed by atoms with van der Waals surface area (Å²) in [7, 11) is 1.76. The van der Waals surface area contributed by atoms with Crippen molar-refractivity contribution >= 4 is 24.3 Å². The molecule has 1 unspecified atom stereocenters. The molecule has 0 saturated heterocycles. The fourth-order valence-corrected chi connectivity index (χ4v) is 10.6. The van der Waals surface area contributed by atoms with E-state index < -0.39 is 0 Å². The highest BCUT2D eigenvalue weighted by molar-refractivity contribution is 5.80. The fraction of sp³-hybridized carbons (Fsp3) is 0.382. The van der Waals surface area contributed by atoms with Crippen molar-refractivity contribution in [2.75, 3.05) is 13.7 Å². The molecule has 2 nitrogen and oxygen atoms in total. The van der Waals surface area contributed by atoms with Gasteiger partial charge in [-0.2, -0.15) is 0 Å². The highest BCUT2D eigenvalue weighted by atomic mass is 16.5. The highest BCUT2D eigenvalue weighted by Crippen LogP contribution is 2.60. The van der Waals surface area contributed by atoms with Crippen molar-refractivity contribution in [3.8, 4) is 33.8 Å². The standard InChI is InChI=1S/C55H62O2/c1-39(2)9-8-10-40(3)29-30-57-54-35-50(53(56-4)34-51(54)24-18-42-13-19-47(20-14-42)46-11-6-5-7-12-46)23-17-41-15-21-48(22-16-41)49-25-27-52(28-26-49)55-36-43-31-44(37-55)33-45(32-43)38-55/h5-7,11-28,34-35,39-40,43-45H,8-10,29-33,36-38H2,1-4H3/b23-17+,24-18+. The average Bonchev–Trinajstić information content (AvgIpc) is 3.22. The van der Waals surface area contributed by atoms with Crippen LogP contribution in [0.25, 0.3) is 46.6 Å². The first-order valence-corrected chi connectivity index (χ1v) is 21.9. The predicted octanol–water partition coefficient (Wildman–Crippen LogP) is 15.1. The van der Waals surface area contributed by atoms with E-state index in [0.29, 0.717) is 17.9 Å². The van der Waals surface area contributed by atoms with Gasteiger partial charge in [-0.25, -0.2) is 0 Å². The molecule has 0 heterocycles. The second-order valence-corrected chi connectivity index (χ2v) is 18.3. The lowest BCUT2D eigenvalue weighted by Gasteiger charge is -2.57. The minimum Gasteiger partial charge on any atom is -0.496 e. The molecule has 0 N–H and O–H groups in total. The van der Waals surface area contributed by atoms with E-state index in [-0.39, 0.29) is 0 Å². The molecular formula is C55H62O2. The SMILES string of the molecule is COc1cc(/C=C/c2ccc(-c3ccccc3)cc2)c(OCCC(C)CCCC(C)C)cc1/C=C/c1ccc(-c2ccc(C34CC5CC(CC(C5)C3)C4)cc2)cc1. The summed E-state index contributed by atoms with van der Waals surface area (Å²) >= 11 is 0. The maximum atomic E-state index is 6.59. The maximum Gasteiger partial charge on any atom is 0.127 e. The first-order valence-electron chi connectivity index (χ1n) is 21.9. The van der Waals surface area contributed by atoms with Gasteiger partial charge in [0.05, 0.1) is 13.7 Å². The Labute approximate surface area is 343 Å². The van der Waals surface area contributed by atoms with Gasteiger partial charge in [-0.3, -0.25) is 0 Å². The first-order chi connectivity index (χ1) is 27.8. The molecule has 0 aromatic heterocycles. The van der Waals surface area contributed by atoms with Crippen LogP contribution >= 0.6 is 0 Å². The molecule has 0 spiro atoms. The molecule has 4 aliphatic carbocycles. The van der Waals surface area contributed by atoms with E-state index in [1.165, 1.54) is 80.0 Å². The third kappa shape index (κ3) is 9.50. The smallest absolute Gasteiger partial charge is 0.127 e. The molecule has 5 aromatic carbocycles. The Morgan fingerprint density at radius 3 is 1.58 bits per heavy atom. The quantitative estimate of drug-likeness (QED) is 0.0934. The van der Waals surface area contributed by atoms with Crippen LogP contribution < -0.4 is 9.47 Å². The van der Waals surface area contributed by atoms with Crippen LogP contribution in [0, 0.1) is 29.6 Å². The van der Waals surface area contributed by atoms with Crippen molar-refractivity contribution in [1.29, 1.82) is 0 Å². The zero-order valence-electron chi connectivity index (χ0n) is 34.8. The normalized spacial score (nSPS) is 21.8. The molecule has 4 fully saturated rings. The van der Waals surface area contributed by atoms with Crippen molar-refractivity contribution in [3.05, 3.63) is 143 Å². The van der Waals surface area contributed by atoms with Crippen molar-refractivity contribution in [2.45, 2.75) is 90.4 Å². The lowest BCUT2D eigenvalue weighted by atomic mass is 9.48. The third-order valence-electron chi connectivity index (χ3n) is 13.4. The van der Waals surface area contributed by atoms with E-state index in [2.05, 4.69) is 160 Å². The van der Waals surface area contributed by atoms with Crippen molar-refractivity contribution in [3.63, 3.8) is 0 Å². The Morgan fingerprint density at radius 1 is 0.561 bits per heavy atom. The van der Waals surface area contributed by atoms with Gasteiger partial charge >= 0.3 is 0 Å². The van der Waals surface area contributed by atoms with Crippen LogP contribution in [0.2, 0.25) is 0 Å². The van der Waals surface area contributed by atoms with E-state index in [4.69, 9.17) is 9.47 Å². The molecule has 4 saturated carbocycles. The summed E-state index contributed by atoms with van der Waals surface area (Å²) in [6.07, 6.45) is 22.2. The highest BCUT2D eigenvalue weighted by Gasteiger charge is 2.51.